The van der Waals surface area contributed by atoms with Gasteiger partial charge in [-0.2, -0.15) is 0 Å². The smallest absolute Gasteiger partial charge is 0.255 e. The zero-order valence-corrected chi connectivity index (χ0v) is 24.1. The van der Waals surface area contributed by atoms with Crippen LogP contribution in [0.25, 0.3) is 33.4 Å². The number of nitrogens with zero attached hydrogens (tertiary/aromatic N) is 1. The van der Waals surface area contributed by atoms with E-state index in [2.05, 4.69) is 10.6 Å². The van der Waals surface area contributed by atoms with Gasteiger partial charge in [-0.1, -0.05) is 13.0 Å². The molecule has 1 aromatic heterocycles. The summed E-state index contributed by atoms with van der Waals surface area (Å²) in [6.07, 6.45) is 3.47. The minimum absolute atomic E-state index is 0.00197. The van der Waals surface area contributed by atoms with E-state index in [1.165, 1.54) is 48.3 Å². The minimum Gasteiger partial charge on any atom is -0.455 e. The van der Waals surface area contributed by atoms with Crippen LogP contribution in [0.2, 0.25) is 0 Å². The normalized spacial score (nSPS) is 13.9. The zero-order chi connectivity index (χ0) is 30.2. The van der Waals surface area contributed by atoms with Gasteiger partial charge in [0.1, 0.15) is 23.0 Å². The summed E-state index contributed by atoms with van der Waals surface area (Å²) < 4.78 is 34.8. The average molecular weight is 574 g/mol. The largest absolute Gasteiger partial charge is 0.455 e. The van der Waals surface area contributed by atoms with E-state index >= 15 is 4.39 Å². The van der Waals surface area contributed by atoms with E-state index < -0.39 is 23.4 Å². The van der Waals surface area contributed by atoms with Crippen LogP contribution in [0, 0.1) is 11.6 Å². The molecule has 9 heteroatoms. The van der Waals surface area contributed by atoms with Crippen molar-refractivity contribution in [1.29, 1.82) is 0 Å². The average Bonchev–Trinajstić information content (AvgIpc) is 3.33. The summed E-state index contributed by atoms with van der Waals surface area (Å²) in [6.45, 7) is 2.00. The first kappa shape index (κ1) is 29.0. The number of carbonyl (C=O) groups excluding carboxylic acids is 3. The van der Waals surface area contributed by atoms with Crippen LogP contribution in [0.4, 0.5) is 8.78 Å². The lowest BCUT2D eigenvalue weighted by molar-refractivity contribution is -0.127. The Balaban J connectivity index is 1.69. The van der Waals surface area contributed by atoms with E-state index in [4.69, 9.17) is 4.42 Å². The van der Waals surface area contributed by atoms with Gasteiger partial charge in [0.2, 0.25) is 5.91 Å². The molecule has 0 radical (unpaired) electrons. The van der Waals surface area contributed by atoms with Crippen molar-refractivity contribution in [3.63, 3.8) is 0 Å². The summed E-state index contributed by atoms with van der Waals surface area (Å²) >= 11 is 0. The van der Waals surface area contributed by atoms with Gasteiger partial charge in [-0.05, 0) is 90.9 Å². The zero-order valence-electron chi connectivity index (χ0n) is 24.1. The molecule has 4 aromatic rings. The second-order valence-electron chi connectivity index (χ2n) is 11.0. The number of hydrogen-bond donors (Lipinski definition) is 2. The van der Waals surface area contributed by atoms with Crippen LogP contribution in [0.3, 0.4) is 0 Å². The number of hydrogen-bond acceptors (Lipinski definition) is 4. The molecule has 42 heavy (non-hydrogen) atoms. The summed E-state index contributed by atoms with van der Waals surface area (Å²) in [4.78, 5) is 40.7. The summed E-state index contributed by atoms with van der Waals surface area (Å²) in [6, 6.07) is 13.3. The maximum absolute atomic E-state index is 15.0. The van der Waals surface area contributed by atoms with Crippen molar-refractivity contribution in [3.05, 3.63) is 82.9 Å². The molecule has 1 heterocycles. The number of fused-ring (bicyclic) bond motifs is 1. The van der Waals surface area contributed by atoms with E-state index in [1.807, 2.05) is 6.92 Å². The third kappa shape index (κ3) is 5.38. The van der Waals surface area contributed by atoms with Crippen LogP contribution >= 0.6 is 0 Å². The first-order chi connectivity index (χ1) is 20.1. The standard InChI is InChI=1S/C33H33F2N3O4/c1-5-33(13-6-14-33)37-31(40)24-15-20(9-12-26(24)35)23-18-25-27(16-21(23)17-28(39)38(3)4)42-30(29(25)32(41)36-2)19-7-10-22(34)11-8-19/h7-12,15-16,18H,5-6,13-14,17H2,1-4H3,(H,36,41)(H,37,40). The van der Waals surface area contributed by atoms with Crippen LogP contribution in [0.15, 0.2) is 59.0 Å². The Labute approximate surface area is 242 Å². The SMILES string of the molecule is CCC1(NC(=O)c2cc(-c3cc4c(C(=O)NC)c(-c5ccc(F)cc5)oc4cc3CC(=O)N(C)C)ccc2F)CCC1. The molecule has 5 rings (SSSR count). The van der Waals surface area contributed by atoms with Crippen LogP contribution in [0.1, 0.15) is 58.9 Å². The third-order valence-electron chi connectivity index (χ3n) is 8.20. The molecule has 0 spiro atoms. The number of carbonyl (C=O) groups is 3. The molecule has 1 aliphatic rings. The second-order valence-corrected chi connectivity index (χ2v) is 11.0. The van der Waals surface area contributed by atoms with Gasteiger partial charge in [0.25, 0.3) is 11.8 Å². The van der Waals surface area contributed by atoms with Gasteiger partial charge in [-0.15, -0.1) is 0 Å². The van der Waals surface area contributed by atoms with Crippen molar-refractivity contribution in [2.45, 2.75) is 44.6 Å². The Morgan fingerprint density at radius 2 is 1.64 bits per heavy atom. The van der Waals surface area contributed by atoms with Crippen LogP contribution in [-0.2, 0) is 11.2 Å². The lowest BCUT2D eigenvalue weighted by atomic mass is 9.74. The van der Waals surface area contributed by atoms with Crippen LogP contribution in [0.5, 0.6) is 0 Å². The van der Waals surface area contributed by atoms with E-state index in [1.54, 1.807) is 32.3 Å². The number of halogens is 2. The van der Waals surface area contributed by atoms with Crippen molar-refractivity contribution in [2.24, 2.45) is 0 Å². The summed E-state index contributed by atoms with van der Waals surface area (Å²) in [5, 5.41) is 6.12. The number of benzene rings is 3. The third-order valence-corrected chi connectivity index (χ3v) is 8.20. The highest BCUT2D eigenvalue weighted by Gasteiger charge is 2.37. The van der Waals surface area contributed by atoms with Crippen LogP contribution in [-0.4, -0.2) is 49.3 Å². The van der Waals surface area contributed by atoms with E-state index in [0.717, 1.165) is 25.7 Å². The molecule has 1 fully saturated rings. The predicted octanol–water partition coefficient (Wildman–Crippen LogP) is 6.10. The van der Waals surface area contributed by atoms with Crippen LogP contribution < -0.4 is 10.6 Å². The Morgan fingerprint density at radius 1 is 0.952 bits per heavy atom. The van der Waals surface area contributed by atoms with Gasteiger partial charge in [0.05, 0.1) is 17.5 Å². The van der Waals surface area contributed by atoms with E-state index in [9.17, 15) is 18.8 Å². The molecule has 218 valence electrons. The number of nitrogens with one attached hydrogen (secondary N) is 2. The molecule has 3 amide bonds. The van der Waals surface area contributed by atoms with E-state index in [0.29, 0.717) is 33.2 Å². The Kier molecular flexibility index (Phi) is 7.86. The molecule has 2 N–H and O–H groups in total. The summed E-state index contributed by atoms with van der Waals surface area (Å²) in [5.74, 6) is -1.92. The topological polar surface area (TPSA) is 91.6 Å². The van der Waals surface area contributed by atoms with Gasteiger partial charge >= 0.3 is 0 Å². The number of likely N-dealkylation sites (N-methyl/N-ethyl adjacent to an activating group) is 1. The first-order valence-electron chi connectivity index (χ1n) is 14.0. The van der Waals surface area contributed by atoms with Gasteiger partial charge in [-0.25, -0.2) is 8.78 Å². The van der Waals surface area contributed by atoms with Gasteiger partial charge in [0, 0.05) is 37.6 Å². The highest BCUT2D eigenvalue weighted by atomic mass is 19.1. The van der Waals surface area contributed by atoms with E-state index in [-0.39, 0.29) is 34.8 Å². The molecule has 3 aromatic carbocycles. The highest BCUT2D eigenvalue weighted by molar-refractivity contribution is 6.12. The Morgan fingerprint density at radius 3 is 2.24 bits per heavy atom. The Hall–Kier alpha value is -4.53. The van der Waals surface area contributed by atoms with Gasteiger partial charge in [-0.3, -0.25) is 14.4 Å². The second kappa shape index (κ2) is 11.4. The van der Waals surface area contributed by atoms with Crippen molar-refractivity contribution in [3.8, 4) is 22.5 Å². The number of furan rings is 1. The molecule has 1 saturated carbocycles. The molecule has 0 saturated heterocycles. The maximum Gasteiger partial charge on any atom is 0.255 e. The quantitative estimate of drug-likeness (QED) is 0.267. The molecule has 0 unspecified atom stereocenters. The summed E-state index contributed by atoms with van der Waals surface area (Å²) in [7, 11) is 4.79. The monoisotopic (exact) mass is 573 g/mol. The van der Waals surface area contributed by atoms with Crippen molar-refractivity contribution in [2.75, 3.05) is 21.1 Å². The molecular weight excluding hydrogens is 540 g/mol. The van der Waals surface area contributed by atoms with Crippen molar-refractivity contribution in [1.82, 2.24) is 15.5 Å². The lowest BCUT2D eigenvalue weighted by Crippen LogP contribution is -2.53. The highest BCUT2D eigenvalue weighted by Crippen LogP contribution is 2.39. The first-order valence-corrected chi connectivity index (χ1v) is 14.0. The van der Waals surface area contributed by atoms with Crippen molar-refractivity contribution < 1.29 is 27.6 Å². The fourth-order valence-electron chi connectivity index (χ4n) is 5.42. The predicted molar refractivity (Wildman–Crippen MR) is 157 cm³/mol. The maximum atomic E-state index is 15.0. The molecule has 0 aliphatic heterocycles. The molecule has 1 aliphatic carbocycles. The van der Waals surface area contributed by atoms with Gasteiger partial charge < -0.3 is 20.0 Å². The lowest BCUT2D eigenvalue weighted by Gasteiger charge is -2.42. The number of rotatable bonds is 8. The fraction of sp³-hybridized carbons (Fsp3) is 0.303. The molecule has 0 atom stereocenters. The van der Waals surface area contributed by atoms with Crippen molar-refractivity contribution >= 4 is 28.7 Å². The minimum atomic E-state index is -0.651. The summed E-state index contributed by atoms with van der Waals surface area (Å²) in [5.41, 5.74) is 2.31. The number of amides is 3. The van der Waals surface area contributed by atoms with Gasteiger partial charge in [0.15, 0.2) is 0 Å². The fourth-order valence-corrected chi connectivity index (χ4v) is 5.42. The Bertz CT molecular complexity index is 1680. The molecular formula is C33H33F2N3O4. The molecule has 7 nitrogen and oxygen atoms in total. The molecule has 0 bridgehead atoms.